The minimum Gasteiger partial charge on any atom is -0.497 e. The van der Waals surface area contributed by atoms with E-state index in [1.807, 2.05) is 29.5 Å². The third-order valence-corrected chi connectivity index (χ3v) is 5.24. The number of benzene rings is 1. The van der Waals surface area contributed by atoms with Gasteiger partial charge in [0.1, 0.15) is 5.75 Å². The lowest BCUT2D eigenvalue weighted by Crippen LogP contribution is -2.17. The van der Waals surface area contributed by atoms with Gasteiger partial charge in [0.15, 0.2) is 5.13 Å². The Balaban J connectivity index is 1.72. The number of thiazole rings is 1. The number of hydrogen-bond acceptors (Lipinski definition) is 5. The maximum Gasteiger partial charge on any atom is 0.184 e. The van der Waals surface area contributed by atoms with Gasteiger partial charge in [0.05, 0.1) is 17.3 Å². The largest absolute Gasteiger partial charge is 0.497 e. The Morgan fingerprint density at radius 1 is 1.24 bits per heavy atom. The first-order chi connectivity index (χ1) is 10.1. The minimum absolute atomic E-state index is 0.366. The van der Waals surface area contributed by atoms with Crippen molar-refractivity contribution in [3.8, 4) is 5.75 Å². The summed E-state index contributed by atoms with van der Waals surface area (Å²) in [6.45, 7) is 4.34. The average molecular weight is 318 g/mol. The van der Waals surface area contributed by atoms with Crippen molar-refractivity contribution in [2.24, 2.45) is 0 Å². The second-order valence-corrected chi connectivity index (χ2v) is 7.52. The molecule has 0 radical (unpaired) electrons. The zero-order valence-corrected chi connectivity index (χ0v) is 14.0. The van der Waals surface area contributed by atoms with Gasteiger partial charge in [0.2, 0.25) is 0 Å². The van der Waals surface area contributed by atoms with Gasteiger partial charge in [0.25, 0.3) is 0 Å². The molecular formula is C16H18N2OS2. The lowest BCUT2D eigenvalue weighted by atomic mass is 10.2. The first kappa shape index (κ1) is 14.4. The zero-order valence-electron chi connectivity index (χ0n) is 12.3. The maximum atomic E-state index is 5.25. The number of nitrogens with zero attached hydrogens (tertiary/aromatic N) is 1. The Kier molecular flexibility index (Phi) is 4.12. The van der Waals surface area contributed by atoms with Gasteiger partial charge in [-0.15, -0.1) is 11.3 Å². The topological polar surface area (TPSA) is 34.1 Å². The summed E-state index contributed by atoms with van der Waals surface area (Å²) in [6.07, 6.45) is 1.03. The van der Waals surface area contributed by atoms with E-state index in [4.69, 9.17) is 4.74 Å². The highest BCUT2D eigenvalue weighted by molar-refractivity contribution is 7.22. The van der Waals surface area contributed by atoms with Crippen molar-refractivity contribution in [3.05, 3.63) is 40.1 Å². The molecule has 1 atom stereocenters. The van der Waals surface area contributed by atoms with Gasteiger partial charge in [-0.2, -0.15) is 0 Å². The number of aryl methyl sites for hydroxylation is 1. The number of methoxy groups -OCH3 is 1. The van der Waals surface area contributed by atoms with E-state index < -0.39 is 0 Å². The number of nitrogens with one attached hydrogen (secondary N) is 1. The van der Waals surface area contributed by atoms with Gasteiger partial charge in [-0.05, 0) is 44.2 Å². The second kappa shape index (κ2) is 6.03. The summed E-state index contributed by atoms with van der Waals surface area (Å²) in [6, 6.07) is 10.7. The van der Waals surface area contributed by atoms with Gasteiger partial charge >= 0.3 is 0 Å². The van der Waals surface area contributed by atoms with E-state index >= 15 is 0 Å². The highest BCUT2D eigenvalue weighted by Gasteiger charge is 2.09. The van der Waals surface area contributed by atoms with Crippen LogP contribution in [0.2, 0.25) is 0 Å². The summed E-state index contributed by atoms with van der Waals surface area (Å²) in [7, 11) is 1.69. The van der Waals surface area contributed by atoms with Gasteiger partial charge < -0.3 is 10.1 Å². The first-order valence-electron chi connectivity index (χ1n) is 6.90. The van der Waals surface area contributed by atoms with Gasteiger partial charge in [0, 0.05) is 22.2 Å². The van der Waals surface area contributed by atoms with Crippen LogP contribution in [-0.2, 0) is 6.42 Å². The molecule has 3 aromatic rings. The minimum atomic E-state index is 0.366. The Bertz CT molecular complexity index is 748. The van der Waals surface area contributed by atoms with E-state index in [-0.39, 0.29) is 0 Å². The van der Waals surface area contributed by atoms with Crippen LogP contribution >= 0.6 is 22.7 Å². The van der Waals surface area contributed by atoms with Crippen molar-refractivity contribution in [2.75, 3.05) is 12.4 Å². The molecule has 1 unspecified atom stereocenters. The molecule has 0 aliphatic rings. The van der Waals surface area contributed by atoms with Gasteiger partial charge in [-0.1, -0.05) is 11.3 Å². The predicted molar refractivity (Wildman–Crippen MR) is 92.0 cm³/mol. The molecule has 5 heteroatoms. The lowest BCUT2D eigenvalue weighted by molar-refractivity contribution is 0.415. The SMILES string of the molecule is COc1ccc2nc(NC(C)Cc3ccc(C)s3)sc2c1. The Morgan fingerprint density at radius 2 is 2.10 bits per heavy atom. The second-order valence-electron chi connectivity index (χ2n) is 5.11. The third kappa shape index (κ3) is 3.36. The molecule has 0 spiro atoms. The van der Waals surface area contributed by atoms with Crippen LogP contribution in [0, 0.1) is 6.92 Å². The molecule has 0 fully saturated rings. The van der Waals surface area contributed by atoms with Crippen molar-refractivity contribution >= 4 is 38.0 Å². The molecule has 0 bridgehead atoms. The summed E-state index contributed by atoms with van der Waals surface area (Å²) in [5.41, 5.74) is 1.02. The standard InChI is InChI=1S/C16H18N2OS2/c1-10(8-13-6-4-11(2)20-13)17-16-18-14-7-5-12(19-3)9-15(14)21-16/h4-7,9-10H,8H2,1-3H3,(H,17,18). The molecule has 0 amide bonds. The first-order valence-corrected chi connectivity index (χ1v) is 8.54. The summed E-state index contributed by atoms with van der Waals surface area (Å²) >= 11 is 3.54. The van der Waals surface area contributed by atoms with Crippen molar-refractivity contribution in [3.63, 3.8) is 0 Å². The smallest absolute Gasteiger partial charge is 0.184 e. The molecule has 3 nitrogen and oxygen atoms in total. The van der Waals surface area contributed by atoms with Crippen molar-refractivity contribution < 1.29 is 4.74 Å². The molecule has 21 heavy (non-hydrogen) atoms. The van der Waals surface area contributed by atoms with Gasteiger partial charge in [-0.25, -0.2) is 4.98 Å². The average Bonchev–Trinajstić information content (AvgIpc) is 3.03. The molecule has 2 heterocycles. The van der Waals surface area contributed by atoms with E-state index in [1.165, 1.54) is 9.75 Å². The summed E-state index contributed by atoms with van der Waals surface area (Å²) in [4.78, 5) is 7.41. The molecule has 0 aliphatic heterocycles. The fourth-order valence-corrected chi connectivity index (χ4v) is 4.28. The van der Waals surface area contributed by atoms with Crippen LogP contribution in [-0.4, -0.2) is 18.1 Å². The number of aromatic nitrogens is 1. The lowest BCUT2D eigenvalue weighted by Gasteiger charge is -2.11. The molecule has 2 aromatic heterocycles. The number of hydrogen-bond donors (Lipinski definition) is 1. The van der Waals surface area contributed by atoms with Crippen LogP contribution in [0.3, 0.4) is 0 Å². The fourth-order valence-electron chi connectivity index (χ4n) is 2.25. The van der Waals surface area contributed by atoms with Crippen LogP contribution in [0.4, 0.5) is 5.13 Å². The van der Waals surface area contributed by atoms with Crippen LogP contribution in [0.15, 0.2) is 30.3 Å². The molecular weight excluding hydrogens is 300 g/mol. The van der Waals surface area contributed by atoms with E-state index in [1.54, 1.807) is 18.4 Å². The number of fused-ring (bicyclic) bond motifs is 1. The Hall–Kier alpha value is -1.59. The van der Waals surface area contributed by atoms with Crippen LogP contribution in [0.5, 0.6) is 5.75 Å². The zero-order chi connectivity index (χ0) is 14.8. The maximum absolute atomic E-state index is 5.25. The molecule has 0 saturated heterocycles. The molecule has 0 saturated carbocycles. The summed E-state index contributed by atoms with van der Waals surface area (Å²) in [5.74, 6) is 0.875. The molecule has 0 aliphatic carbocycles. The van der Waals surface area contributed by atoms with Crippen molar-refractivity contribution in [1.29, 1.82) is 0 Å². The van der Waals surface area contributed by atoms with Crippen LogP contribution < -0.4 is 10.1 Å². The van der Waals surface area contributed by atoms with E-state index in [9.17, 15) is 0 Å². The molecule has 3 rings (SSSR count). The van der Waals surface area contributed by atoms with Crippen molar-refractivity contribution in [2.45, 2.75) is 26.3 Å². The highest BCUT2D eigenvalue weighted by atomic mass is 32.1. The van der Waals surface area contributed by atoms with E-state index in [2.05, 4.69) is 36.3 Å². The van der Waals surface area contributed by atoms with E-state index in [0.29, 0.717) is 6.04 Å². The van der Waals surface area contributed by atoms with Crippen LogP contribution in [0.25, 0.3) is 10.2 Å². The Labute approximate surface area is 132 Å². The number of ether oxygens (including phenoxy) is 1. The van der Waals surface area contributed by atoms with Crippen LogP contribution in [0.1, 0.15) is 16.7 Å². The predicted octanol–water partition coefficient (Wildman–Crippen LogP) is 4.72. The fraction of sp³-hybridized carbons (Fsp3) is 0.312. The monoisotopic (exact) mass is 318 g/mol. The quantitative estimate of drug-likeness (QED) is 0.739. The summed E-state index contributed by atoms with van der Waals surface area (Å²) < 4.78 is 6.40. The third-order valence-electron chi connectivity index (χ3n) is 3.27. The molecule has 110 valence electrons. The number of anilines is 1. The Morgan fingerprint density at radius 3 is 2.81 bits per heavy atom. The summed E-state index contributed by atoms with van der Waals surface area (Å²) in [5, 5.41) is 4.47. The normalized spacial score (nSPS) is 12.5. The highest BCUT2D eigenvalue weighted by Crippen LogP contribution is 2.29. The van der Waals surface area contributed by atoms with E-state index in [0.717, 1.165) is 27.5 Å². The van der Waals surface area contributed by atoms with Gasteiger partial charge in [-0.3, -0.25) is 0 Å². The van der Waals surface area contributed by atoms with Crippen molar-refractivity contribution in [1.82, 2.24) is 4.98 Å². The molecule has 1 N–H and O–H groups in total. The molecule has 1 aromatic carbocycles. The number of rotatable bonds is 5. The number of thiophene rings is 1.